The van der Waals surface area contributed by atoms with Crippen molar-refractivity contribution in [1.29, 1.82) is 0 Å². The molecule has 0 aromatic carbocycles. The maximum absolute atomic E-state index is 4.53. The highest BCUT2D eigenvalue weighted by Gasteiger charge is 2.17. The molecule has 0 saturated carbocycles. The van der Waals surface area contributed by atoms with E-state index in [0.29, 0.717) is 0 Å². The van der Waals surface area contributed by atoms with Crippen LogP contribution in [0, 0.1) is 0 Å². The van der Waals surface area contributed by atoms with Gasteiger partial charge >= 0.3 is 0 Å². The van der Waals surface area contributed by atoms with Crippen molar-refractivity contribution >= 4 is 12.6 Å². The van der Waals surface area contributed by atoms with E-state index in [9.17, 15) is 0 Å². The first-order valence-electron chi connectivity index (χ1n) is 5.04. The summed E-state index contributed by atoms with van der Waals surface area (Å²) in [5.41, 5.74) is 0. The molecule has 1 fully saturated rings. The average Bonchev–Trinajstić information content (AvgIpc) is 2.02. The summed E-state index contributed by atoms with van der Waals surface area (Å²) >= 11 is 4.53. The van der Waals surface area contributed by atoms with Crippen LogP contribution in [0.15, 0.2) is 0 Å². The maximum atomic E-state index is 4.53. The molecule has 0 aromatic rings. The van der Waals surface area contributed by atoms with Gasteiger partial charge in [-0.15, -0.1) is 0 Å². The summed E-state index contributed by atoms with van der Waals surface area (Å²) in [6.45, 7) is 5.61. The molecule has 1 N–H and O–H groups in total. The van der Waals surface area contributed by atoms with E-state index in [1.54, 1.807) is 0 Å². The summed E-state index contributed by atoms with van der Waals surface area (Å²) < 4.78 is 0.207. The highest BCUT2D eigenvalue weighted by atomic mass is 32.1. The van der Waals surface area contributed by atoms with E-state index < -0.39 is 0 Å². The minimum absolute atomic E-state index is 0.207. The highest BCUT2D eigenvalue weighted by molar-refractivity contribution is 7.81. The molecule has 0 aromatic heterocycles. The molecule has 1 unspecified atom stereocenters. The Balaban J connectivity index is 2.13. The number of thiol groups is 1. The molecule has 1 atom stereocenters. The van der Waals surface area contributed by atoms with Gasteiger partial charge in [-0.3, -0.25) is 0 Å². The minimum atomic E-state index is 0.207. The Bertz CT molecular complexity index is 122. The second-order valence-corrected chi connectivity index (χ2v) is 5.71. The Morgan fingerprint density at radius 2 is 2.17 bits per heavy atom. The summed E-state index contributed by atoms with van der Waals surface area (Å²) in [7, 11) is 0. The van der Waals surface area contributed by atoms with Crippen molar-refractivity contribution in [3.8, 4) is 0 Å². The van der Waals surface area contributed by atoms with Gasteiger partial charge in [0.05, 0.1) is 0 Å². The van der Waals surface area contributed by atoms with Gasteiger partial charge in [0.15, 0.2) is 0 Å². The molecule has 0 radical (unpaired) electrons. The standard InChI is InChI=1S/C10H21NS/c1-10(2,12)7-6-9-5-3-4-8-11-9/h9,11-12H,3-8H2,1-2H3. The molecule has 0 amide bonds. The van der Waals surface area contributed by atoms with Crippen LogP contribution in [-0.4, -0.2) is 17.3 Å². The number of nitrogens with one attached hydrogen (secondary N) is 1. The van der Waals surface area contributed by atoms with Gasteiger partial charge in [-0.05, 0) is 32.2 Å². The molecule has 1 heterocycles. The molecule has 0 aliphatic carbocycles. The number of rotatable bonds is 3. The normalized spacial score (nSPS) is 25.8. The van der Waals surface area contributed by atoms with Gasteiger partial charge in [-0.2, -0.15) is 12.6 Å². The van der Waals surface area contributed by atoms with Crippen LogP contribution in [-0.2, 0) is 0 Å². The van der Waals surface area contributed by atoms with Crippen LogP contribution >= 0.6 is 12.6 Å². The fourth-order valence-electron chi connectivity index (χ4n) is 1.70. The van der Waals surface area contributed by atoms with Gasteiger partial charge in [0, 0.05) is 10.8 Å². The van der Waals surface area contributed by atoms with Crippen molar-refractivity contribution in [3.63, 3.8) is 0 Å². The summed E-state index contributed by atoms with van der Waals surface area (Å²) in [5, 5.41) is 3.56. The Kier molecular flexibility index (Phi) is 3.91. The molecular formula is C10H21NS. The zero-order chi connectivity index (χ0) is 9.03. The number of hydrogen-bond acceptors (Lipinski definition) is 2. The molecule has 72 valence electrons. The number of piperidine rings is 1. The lowest BCUT2D eigenvalue weighted by Gasteiger charge is -2.26. The first-order valence-corrected chi connectivity index (χ1v) is 5.48. The van der Waals surface area contributed by atoms with E-state index in [2.05, 4.69) is 31.8 Å². The lowest BCUT2D eigenvalue weighted by Crippen LogP contribution is -2.34. The second kappa shape index (κ2) is 4.52. The smallest absolute Gasteiger partial charge is 0.00737 e. The van der Waals surface area contributed by atoms with Gasteiger partial charge in [0.1, 0.15) is 0 Å². The maximum Gasteiger partial charge on any atom is 0.00737 e. The van der Waals surface area contributed by atoms with Gasteiger partial charge in [0.2, 0.25) is 0 Å². The predicted octanol–water partition coefficient (Wildman–Crippen LogP) is 2.62. The van der Waals surface area contributed by atoms with Gasteiger partial charge < -0.3 is 5.32 Å². The minimum Gasteiger partial charge on any atom is -0.314 e. The summed E-state index contributed by atoms with van der Waals surface area (Å²) in [6, 6.07) is 0.769. The molecule has 1 rings (SSSR count). The fourth-order valence-corrected chi connectivity index (χ4v) is 1.83. The first-order chi connectivity index (χ1) is 5.58. The Hall–Kier alpha value is 0.310. The van der Waals surface area contributed by atoms with Crippen LogP contribution in [0.1, 0.15) is 46.0 Å². The van der Waals surface area contributed by atoms with Crippen molar-refractivity contribution in [3.05, 3.63) is 0 Å². The SMILES string of the molecule is CC(C)(S)CCC1CCCCN1. The van der Waals surface area contributed by atoms with Crippen molar-refractivity contribution in [2.24, 2.45) is 0 Å². The fraction of sp³-hybridized carbons (Fsp3) is 1.00. The first kappa shape index (κ1) is 10.4. The molecule has 2 heteroatoms. The Morgan fingerprint density at radius 1 is 1.42 bits per heavy atom. The average molecular weight is 187 g/mol. The van der Waals surface area contributed by atoms with Gasteiger partial charge in [-0.25, -0.2) is 0 Å². The van der Waals surface area contributed by atoms with Crippen molar-refractivity contribution in [2.75, 3.05) is 6.54 Å². The third kappa shape index (κ3) is 4.36. The molecule has 12 heavy (non-hydrogen) atoms. The van der Waals surface area contributed by atoms with Gasteiger partial charge in [-0.1, -0.05) is 20.3 Å². The van der Waals surface area contributed by atoms with E-state index in [1.807, 2.05) is 0 Å². The van der Waals surface area contributed by atoms with Crippen molar-refractivity contribution in [2.45, 2.75) is 56.7 Å². The molecule has 0 bridgehead atoms. The van der Waals surface area contributed by atoms with E-state index >= 15 is 0 Å². The van der Waals surface area contributed by atoms with E-state index in [1.165, 1.54) is 38.6 Å². The van der Waals surface area contributed by atoms with Crippen LogP contribution in [0.4, 0.5) is 0 Å². The predicted molar refractivity (Wildman–Crippen MR) is 57.9 cm³/mol. The van der Waals surface area contributed by atoms with E-state index in [0.717, 1.165) is 6.04 Å². The van der Waals surface area contributed by atoms with E-state index in [-0.39, 0.29) is 4.75 Å². The summed E-state index contributed by atoms with van der Waals surface area (Å²) in [6.07, 6.45) is 6.64. The third-order valence-electron chi connectivity index (χ3n) is 2.52. The zero-order valence-corrected chi connectivity index (χ0v) is 9.16. The molecule has 0 spiro atoms. The molecule has 1 aliphatic rings. The quantitative estimate of drug-likeness (QED) is 0.647. The van der Waals surface area contributed by atoms with Crippen molar-refractivity contribution in [1.82, 2.24) is 5.32 Å². The van der Waals surface area contributed by atoms with Crippen LogP contribution in [0.3, 0.4) is 0 Å². The molecule has 1 nitrogen and oxygen atoms in total. The van der Waals surface area contributed by atoms with Crippen LogP contribution < -0.4 is 5.32 Å². The van der Waals surface area contributed by atoms with E-state index in [4.69, 9.17) is 0 Å². The number of hydrogen-bond donors (Lipinski definition) is 2. The summed E-state index contributed by atoms with van der Waals surface area (Å²) in [5.74, 6) is 0. The zero-order valence-electron chi connectivity index (χ0n) is 8.27. The van der Waals surface area contributed by atoms with Gasteiger partial charge in [0.25, 0.3) is 0 Å². The van der Waals surface area contributed by atoms with Crippen LogP contribution in [0.2, 0.25) is 0 Å². The van der Waals surface area contributed by atoms with Crippen molar-refractivity contribution < 1.29 is 0 Å². The largest absolute Gasteiger partial charge is 0.314 e. The molecular weight excluding hydrogens is 166 g/mol. The Labute approximate surface area is 81.7 Å². The molecule has 1 saturated heterocycles. The van der Waals surface area contributed by atoms with Crippen LogP contribution in [0.5, 0.6) is 0 Å². The topological polar surface area (TPSA) is 12.0 Å². The lowest BCUT2D eigenvalue weighted by atomic mass is 9.96. The van der Waals surface area contributed by atoms with Crippen LogP contribution in [0.25, 0.3) is 0 Å². The second-order valence-electron chi connectivity index (χ2n) is 4.50. The highest BCUT2D eigenvalue weighted by Crippen LogP contribution is 2.22. The summed E-state index contributed by atoms with van der Waals surface area (Å²) in [4.78, 5) is 0. The Morgan fingerprint density at radius 3 is 2.67 bits per heavy atom. The lowest BCUT2D eigenvalue weighted by molar-refractivity contribution is 0.365. The third-order valence-corrected chi connectivity index (χ3v) is 2.74. The monoisotopic (exact) mass is 187 g/mol. The molecule has 1 aliphatic heterocycles.